The van der Waals surface area contributed by atoms with Crippen LogP contribution in [0.3, 0.4) is 0 Å². The lowest BCUT2D eigenvalue weighted by atomic mass is 10.1. The first-order chi connectivity index (χ1) is 13.3. The monoisotopic (exact) mass is 404 g/mol. The number of nitrogens with zero attached hydrogens (tertiary/aromatic N) is 3. The Kier molecular flexibility index (Phi) is 5.76. The zero-order chi connectivity index (χ0) is 20.3. The summed E-state index contributed by atoms with van der Waals surface area (Å²) in [5, 5.41) is -0.0992. The van der Waals surface area contributed by atoms with Crippen LogP contribution in [-0.4, -0.2) is 23.0 Å². The lowest BCUT2D eigenvalue weighted by Crippen LogP contribution is -2.20. The fourth-order valence-corrected chi connectivity index (χ4v) is 4.21. The molecule has 7 nitrogen and oxygen atoms in total. The van der Waals surface area contributed by atoms with E-state index in [9.17, 15) is 12.8 Å². The summed E-state index contributed by atoms with van der Waals surface area (Å²) in [6.45, 7) is 3.86. The van der Waals surface area contributed by atoms with Gasteiger partial charge in [0.05, 0.1) is 24.5 Å². The zero-order valence-corrected chi connectivity index (χ0v) is 16.4. The quantitative estimate of drug-likeness (QED) is 0.608. The van der Waals surface area contributed by atoms with E-state index in [0.717, 1.165) is 6.07 Å². The van der Waals surface area contributed by atoms with E-state index in [1.54, 1.807) is 18.3 Å². The number of benzene rings is 1. The molecule has 0 aliphatic rings. The van der Waals surface area contributed by atoms with Gasteiger partial charge in [-0.3, -0.25) is 4.98 Å². The van der Waals surface area contributed by atoms with Crippen molar-refractivity contribution in [2.24, 2.45) is 5.73 Å². The molecule has 0 saturated heterocycles. The molecule has 0 unspecified atom stereocenters. The number of nitrogens with two attached hydrogens (primary N) is 1. The molecular weight excluding hydrogens is 383 g/mol. The molecule has 148 valence electrons. The maximum absolute atomic E-state index is 13.5. The van der Waals surface area contributed by atoms with Crippen molar-refractivity contribution in [3.8, 4) is 5.75 Å². The Hall–Kier alpha value is -2.78. The summed E-state index contributed by atoms with van der Waals surface area (Å²) >= 11 is 0. The first kappa shape index (κ1) is 20.0. The average molecular weight is 404 g/mol. The molecule has 0 atom stereocenters. The van der Waals surface area contributed by atoms with Crippen LogP contribution in [0.1, 0.15) is 37.0 Å². The molecule has 28 heavy (non-hydrogen) atoms. The fraction of sp³-hybridized carbons (Fsp3) is 0.263. The Labute approximate surface area is 163 Å². The van der Waals surface area contributed by atoms with Crippen molar-refractivity contribution >= 4 is 10.1 Å². The van der Waals surface area contributed by atoms with E-state index in [2.05, 4.69) is 9.97 Å². The van der Waals surface area contributed by atoms with Crippen molar-refractivity contribution in [2.45, 2.75) is 37.9 Å². The summed E-state index contributed by atoms with van der Waals surface area (Å²) in [6.07, 6.45) is 1.62. The molecule has 0 bridgehead atoms. The Morgan fingerprint density at radius 2 is 2.00 bits per heavy atom. The summed E-state index contributed by atoms with van der Waals surface area (Å²) in [5.41, 5.74) is 6.80. The first-order valence-corrected chi connectivity index (χ1v) is 10.1. The van der Waals surface area contributed by atoms with Crippen LogP contribution in [0.25, 0.3) is 0 Å². The second kappa shape index (κ2) is 8.07. The third-order valence-electron chi connectivity index (χ3n) is 4.04. The van der Waals surface area contributed by atoms with E-state index in [1.807, 2.05) is 19.9 Å². The number of halogens is 1. The number of aromatic nitrogens is 3. The molecule has 0 fully saturated rings. The molecule has 2 N–H and O–H groups in total. The molecule has 0 aliphatic carbocycles. The van der Waals surface area contributed by atoms with Crippen molar-refractivity contribution in [2.75, 3.05) is 0 Å². The Morgan fingerprint density at radius 1 is 1.21 bits per heavy atom. The van der Waals surface area contributed by atoms with Crippen molar-refractivity contribution in [1.82, 2.24) is 14.5 Å². The maximum Gasteiger partial charge on any atom is 0.357 e. The largest absolute Gasteiger partial charge is 0.378 e. The summed E-state index contributed by atoms with van der Waals surface area (Å²) in [7, 11) is -4.30. The highest BCUT2D eigenvalue weighted by Gasteiger charge is 2.31. The van der Waals surface area contributed by atoms with Gasteiger partial charge in [-0.15, -0.1) is 0 Å². The van der Waals surface area contributed by atoms with Crippen LogP contribution in [0.2, 0.25) is 0 Å². The van der Waals surface area contributed by atoms with E-state index < -0.39 is 15.9 Å². The summed E-state index contributed by atoms with van der Waals surface area (Å²) in [4.78, 5) is 8.67. The van der Waals surface area contributed by atoms with Crippen LogP contribution < -0.4 is 9.92 Å². The topological polar surface area (TPSA) is 100 Å². The minimum atomic E-state index is -4.30. The van der Waals surface area contributed by atoms with Gasteiger partial charge in [0.2, 0.25) is 0 Å². The Bertz CT molecular complexity index is 1070. The molecule has 2 aromatic heterocycles. The average Bonchev–Trinajstić information content (AvgIpc) is 3.02. The van der Waals surface area contributed by atoms with Crippen LogP contribution in [0.15, 0.2) is 53.7 Å². The smallest absolute Gasteiger partial charge is 0.357 e. The highest BCUT2D eigenvalue weighted by Crippen LogP contribution is 2.28. The van der Waals surface area contributed by atoms with Gasteiger partial charge in [0.1, 0.15) is 17.4 Å². The van der Waals surface area contributed by atoms with Crippen molar-refractivity contribution in [3.63, 3.8) is 0 Å². The second-order valence-corrected chi connectivity index (χ2v) is 7.94. The molecule has 0 amide bonds. The number of hydrogen-bond donors (Lipinski definition) is 1. The molecule has 0 aliphatic heterocycles. The normalized spacial score (nSPS) is 11.8. The number of hydrogen-bond acceptors (Lipinski definition) is 6. The van der Waals surface area contributed by atoms with Crippen LogP contribution in [0.5, 0.6) is 5.75 Å². The van der Waals surface area contributed by atoms with Gasteiger partial charge in [-0.05, 0) is 30.2 Å². The third kappa shape index (κ3) is 4.20. The lowest BCUT2D eigenvalue weighted by Gasteiger charge is -2.14. The molecule has 0 radical (unpaired) electrons. The van der Waals surface area contributed by atoms with E-state index in [1.165, 1.54) is 22.8 Å². The predicted molar refractivity (Wildman–Crippen MR) is 102 cm³/mol. The molecule has 3 aromatic rings. The molecular formula is C19H21FN4O3S. The second-order valence-electron chi connectivity index (χ2n) is 6.48. The molecule has 0 spiro atoms. The predicted octanol–water partition coefficient (Wildman–Crippen LogP) is 2.82. The van der Waals surface area contributed by atoms with Gasteiger partial charge < -0.3 is 14.5 Å². The zero-order valence-electron chi connectivity index (χ0n) is 15.5. The summed E-state index contributed by atoms with van der Waals surface area (Å²) in [6, 6.07) is 10.3. The molecule has 1 aromatic carbocycles. The highest BCUT2D eigenvalue weighted by atomic mass is 32.2. The van der Waals surface area contributed by atoms with E-state index in [-0.39, 0.29) is 29.8 Å². The van der Waals surface area contributed by atoms with Crippen LogP contribution >= 0.6 is 0 Å². The highest BCUT2D eigenvalue weighted by molar-refractivity contribution is 7.87. The molecule has 9 heteroatoms. The van der Waals surface area contributed by atoms with E-state index in [4.69, 9.17) is 9.92 Å². The number of pyridine rings is 1. The maximum atomic E-state index is 13.5. The number of imidazole rings is 1. The summed E-state index contributed by atoms with van der Waals surface area (Å²) in [5.74, 6) is -0.511. The van der Waals surface area contributed by atoms with Gasteiger partial charge in [-0.25, -0.2) is 9.37 Å². The van der Waals surface area contributed by atoms with Crippen LogP contribution in [0, 0.1) is 5.82 Å². The van der Waals surface area contributed by atoms with Gasteiger partial charge in [-0.1, -0.05) is 26.0 Å². The lowest BCUT2D eigenvalue weighted by molar-refractivity contribution is 0.468. The minimum absolute atomic E-state index is 0.0437. The summed E-state index contributed by atoms with van der Waals surface area (Å²) < 4.78 is 46.4. The van der Waals surface area contributed by atoms with Gasteiger partial charge in [-0.2, -0.15) is 8.42 Å². The Morgan fingerprint density at radius 3 is 2.61 bits per heavy atom. The van der Waals surface area contributed by atoms with Crippen molar-refractivity contribution in [1.29, 1.82) is 0 Å². The SMILES string of the molecule is CC(C)c1nc(CN)n(Cc2ccccn2)c1S(=O)(=O)Oc1cccc(F)c1. The van der Waals surface area contributed by atoms with Gasteiger partial charge in [0.25, 0.3) is 0 Å². The van der Waals surface area contributed by atoms with Gasteiger partial charge in [0.15, 0.2) is 5.03 Å². The van der Waals surface area contributed by atoms with Crippen molar-refractivity contribution < 1.29 is 17.0 Å². The molecule has 0 saturated carbocycles. The van der Waals surface area contributed by atoms with E-state index >= 15 is 0 Å². The minimum Gasteiger partial charge on any atom is -0.378 e. The van der Waals surface area contributed by atoms with Crippen LogP contribution in [-0.2, 0) is 23.2 Å². The molecule has 2 heterocycles. The standard InChI is InChI=1S/C19H21FN4O3S/c1-13(2)18-19(28(25,26)27-16-8-5-6-14(20)10-16)24(17(11-21)23-18)12-15-7-3-4-9-22-15/h3-10,13H,11-12,21H2,1-2H3. The van der Waals surface area contributed by atoms with Gasteiger partial charge >= 0.3 is 10.1 Å². The van der Waals surface area contributed by atoms with Crippen molar-refractivity contribution in [3.05, 3.63) is 71.7 Å². The van der Waals surface area contributed by atoms with Gasteiger partial charge in [0, 0.05) is 12.3 Å². The fourth-order valence-electron chi connectivity index (χ4n) is 2.80. The molecule has 3 rings (SSSR count). The third-order valence-corrected chi connectivity index (χ3v) is 5.35. The first-order valence-electron chi connectivity index (χ1n) is 8.71. The number of rotatable bonds is 7. The van der Waals surface area contributed by atoms with E-state index in [0.29, 0.717) is 17.2 Å². The van der Waals surface area contributed by atoms with Crippen LogP contribution in [0.4, 0.5) is 4.39 Å². The Balaban J connectivity index is 2.12.